The van der Waals surface area contributed by atoms with E-state index in [2.05, 4.69) is 13.8 Å². The summed E-state index contributed by atoms with van der Waals surface area (Å²) < 4.78 is 5.36. The first-order valence-electron chi connectivity index (χ1n) is 7.71. The van der Waals surface area contributed by atoms with E-state index >= 15 is 0 Å². The van der Waals surface area contributed by atoms with Crippen LogP contribution in [0.2, 0.25) is 0 Å². The normalized spacial score (nSPS) is 12.2. The molecule has 0 saturated carbocycles. The first-order chi connectivity index (χ1) is 10.9. The zero-order valence-electron chi connectivity index (χ0n) is 13.5. The molecule has 0 aliphatic heterocycles. The van der Waals surface area contributed by atoms with Crippen LogP contribution in [-0.4, -0.2) is 22.8 Å². The molecule has 0 amide bonds. The molecular weight excluding hydrogens is 292 g/mol. The minimum absolute atomic E-state index is 0.194. The van der Waals surface area contributed by atoms with Gasteiger partial charge < -0.3 is 14.9 Å². The van der Waals surface area contributed by atoms with Crippen LogP contribution in [0.15, 0.2) is 24.3 Å². The Balaban J connectivity index is 2.15. The lowest BCUT2D eigenvalue weighted by Crippen LogP contribution is -2.09. The lowest BCUT2D eigenvalue weighted by molar-refractivity contribution is -0.139. The van der Waals surface area contributed by atoms with E-state index in [1.807, 2.05) is 25.1 Å². The molecule has 0 atom stereocenters. The van der Waals surface area contributed by atoms with Gasteiger partial charge in [0.1, 0.15) is 11.5 Å². The number of aromatic hydroxyl groups is 1. The summed E-state index contributed by atoms with van der Waals surface area (Å²) in [6, 6.07) is 7.50. The smallest absolute Gasteiger partial charge is 0.341 e. The third-order valence-corrected chi connectivity index (χ3v) is 4.33. The van der Waals surface area contributed by atoms with Crippen molar-refractivity contribution in [1.82, 2.24) is 0 Å². The summed E-state index contributed by atoms with van der Waals surface area (Å²) in [5.41, 5.74) is 6.54. The van der Waals surface area contributed by atoms with Gasteiger partial charge in [-0.25, -0.2) is 4.79 Å². The highest BCUT2D eigenvalue weighted by atomic mass is 16.5. The highest BCUT2D eigenvalue weighted by molar-refractivity contribution is 5.83. The predicted octanol–water partition coefficient (Wildman–Crippen LogP) is 3.86. The molecule has 0 fully saturated rings. The molecule has 3 rings (SSSR count). The Morgan fingerprint density at radius 3 is 2.70 bits per heavy atom. The van der Waals surface area contributed by atoms with Crippen LogP contribution in [0.1, 0.15) is 42.0 Å². The largest absolute Gasteiger partial charge is 0.508 e. The average Bonchev–Trinajstić information content (AvgIpc) is 2.84. The molecule has 0 saturated heterocycles. The average molecular weight is 312 g/mol. The SMILES string of the molecule is Cc1cc(OCC(=O)O)cc2c1Cc1ccc(O)c(C(C)C)c1-2. The minimum Gasteiger partial charge on any atom is -0.508 e. The fourth-order valence-corrected chi connectivity index (χ4v) is 3.36. The Hall–Kier alpha value is -2.49. The van der Waals surface area contributed by atoms with Gasteiger partial charge in [-0.2, -0.15) is 0 Å². The van der Waals surface area contributed by atoms with Crippen molar-refractivity contribution in [3.05, 3.63) is 46.5 Å². The molecule has 0 spiro atoms. The maximum absolute atomic E-state index is 10.7. The quantitative estimate of drug-likeness (QED) is 0.767. The summed E-state index contributed by atoms with van der Waals surface area (Å²) >= 11 is 0. The zero-order chi connectivity index (χ0) is 16.7. The molecule has 4 nitrogen and oxygen atoms in total. The van der Waals surface area contributed by atoms with E-state index in [1.165, 1.54) is 11.1 Å². The molecular formula is C19H20O4. The maximum atomic E-state index is 10.7. The summed E-state index contributed by atoms with van der Waals surface area (Å²) in [5, 5.41) is 19.1. The molecule has 0 heterocycles. The van der Waals surface area contributed by atoms with Crippen LogP contribution in [0.4, 0.5) is 0 Å². The van der Waals surface area contributed by atoms with Crippen molar-refractivity contribution >= 4 is 5.97 Å². The number of phenols is 1. The second-order valence-electron chi connectivity index (χ2n) is 6.31. The van der Waals surface area contributed by atoms with E-state index in [0.717, 1.165) is 28.7 Å². The second-order valence-corrected chi connectivity index (χ2v) is 6.31. The summed E-state index contributed by atoms with van der Waals surface area (Å²) in [7, 11) is 0. The molecule has 4 heteroatoms. The summed E-state index contributed by atoms with van der Waals surface area (Å²) in [4.78, 5) is 10.7. The molecule has 1 aliphatic carbocycles. The van der Waals surface area contributed by atoms with Gasteiger partial charge in [-0.1, -0.05) is 19.9 Å². The Labute approximate surface area is 135 Å². The van der Waals surface area contributed by atoms with E-state index in [0.29, 0.717) is 11.5 Å². The van der Waals surface area contributed by atoms with Gasteiger partial charge in [0.25, 0.3) is 0 Å². The molecule has 2 aromatic carbocycles. The fourth-order valence-electron chi connectivity index (χ4n) is 3.36. The van der Waals surface area contributed by atoms with Crippen molar-refractivity contribution in [3.63, 3.8) is 0 Å². The van der Waals surface area contributed by atoms with Crippen LogP contribution in [0.5, 0.6) is 11.5 Å². The number of rotatable bonds is 4. The van der Waals surface area contributed by atoms with Crippen LogP contribution < -0.4 is 4.74 Å². The van der Waals surface area contributed by atoms with Gasteiger partial charge in [0.15, 0.2) is 6.61 Å². The number of benzene rings is 2. The number of hydrogen-bond acceptors (Lipinski definition) is 3. The van der Waals surface area contributed by atoms with E-state index in [1.54, 1.807) is 6.07 Å². The molecule has 0 unspecified atom stereocenters. The van der Waals surface area contributed by atoms with E-state index in [4.69, 9.17) is 9.84 Å². The molecule has 0 aromatic heterocycles. The lowest BCUT2D eigenvalue weighted by Gasteiger charge is -2.16. The van der Waals surface area contributed by atoms with E-state index < -0.39 is 5.97 Å². The van der Waals surface area contributed by atoms with Crippen molar-refractivity contribution in [2.24, 2.45) is 0 Å². The molecule has 0 radical (unpaired) electrons. The van der Waals surface area contributed by atoms with Crippen LogP contribution in [-0.2, 0) is 11.2 Å². The highest BCUT2D eigenvalue weighted by Gasteiger charge is 2.26. The van der Waals surface area contributed by atoms with Crippen molar-refractivity contribution in [2.45, 2.75) is 33.1 Å². The highest BCUT2D eigenvalue weighted by Crippen LogP contribution is 2.47. The van der Waals surface area contributed by atoms with Gasteiger partial charge in [0, 0.05) is 5.56 Å². The first kappa shape index (κ1) is 15.4. The molecule has 2 aromatic rings. The number of hydrogen-bond donors (Lipinski definition) is 2. The van der Waals surface area contributed by atoms with Crippen LogP contribution >= 0.6 is 0 Å². The first-order valence-corrected chi connectivity index (χ1v) is 7.71. The Morgan fingerprint density at radius 1 is 1.30 bits per heavy atom. The van der Waals surface area contributed by atoms with E-state index in [9.17, 15) is 9.90 Å². The summed E-state index contributed by atoms with van der Waals surface area (Å²) in [5.74, 6) is 0.0551. The van der Waals surface area contributed by atoms with Crippen molar-refractivity contribution in [2.75, 3.05) is 6.61 Å². The Kier molecular flexibility index (Phi) is 3.76. The summed E-state index contributed by atoms with van der Waals surface area (Å²) in [6.45, 7) is 5.77. The van der Waals surface area contributed by atoms with Gasteiger partial charge >= 0.3 is 5.97 Å². The molecule has 1 aliphatic rings. The number of aryl methyl sites for hydroxylation is 1. The fraction of sp³-hybridized carbons (Fsp3) is 0.316. The van der Waals surface area contributed by atoms with Crippen molar-refractivity contribution in [1.29, 1.82) is 0 Å². The summed E-state index contributed by atoms with van der Waals surface area (Å²) in [6.07, 6.45) is 0.829. The minimum atomic E-state index is -0.996. The zero-order valence-corrected chi connectivity index (χ0v) is 13.5. The molecule has 0 bridgehead atoms. The standard InChI is InChI=1S/C19H20O4/c1-10(2)18-16(20)5-4-12-7-14-11(3)6-13(23-9-17(21)22)8-15(14)19(12)18/h4-6,8,10,20H,7,9H2,1-3H3,(H,21,22). The molecule has 23 heavy (non-hydrogen) atoms. The number of aliphatic carboxylic acids is 1. The molecule has 120 valence electrons. The van der Waals surface area contributed by atoms with Gasteiger partial charge in [-0.15, -0.1) is 0 Å². The van der Waals surface area contributed by atoms with Gasteiger partial charge in [0.05, 0.1) is 0 Å². The predicted molar refractivity (Wildman–Crippen MR) is 88.3 cm³/mol. The van der Waals surface area contributed by atoms with Gasteiger partial charge in [0.2, 0.25) is 0 Å². The number of carboxylic acids is 1. The van der Waals surface area contributed by atoms with Gasteiger partial charge in [-0.05, 0) is 65.3 Å². The van der Waals surface area contributed by atoms with Crippen molar-refractivity contribution in [3.8, 4) is 22.6 Å². The lowest BCUT2D eigenvalue weighted by atomic mass is 9.91. The topological polar surface area (TPSA) is 66.8 Å². The number of carboxylic acid groups (broad SMARTS) is 1. The monoisotopic (exact) mass is 312 g/mol. The van der Waals surface area contributed by atoms with Crippen LogP contribution in [0, 0.1) is 6.92 Å². The number of carbonyl (C=O) groups is 1. The third-order valence-electron chi connectivity index (χ3n) is 4.33. The van der Waals surface area contributed by atoms with E-state index in [-0.39, 0.29) is 12.5 Å². The Morgan fingerprint density at radius 2 is 2.04 bits per heavy atom. The van der Waals surface area contributed by atoms with Crippen LogP contribution in [0.3, 0.4) is 0 Å². The molecule has 2 N–H and O–H groups in total. The number of ether oxygens (including phenoxy) is 1. The van der Waals surface area contributed by atoms with Crippen molar-refractivity contribution < 1.29 is 19.7 Å². The van der Waals surface area contributed by atoms with Gasteiger partial charge in [-0.3, -0.25) is 0 Å². The number of fused-ring (bicyclic) bond motifs is 3. The third kappa shape index (κ3) is 2.65. The number of phenolic OH excluding ortho intramolecular Hbond substituents is 1. The van der Waals surface area contributed by atoms with Crippen LogP contribution in [0.25, 0.3) is 11.1 Å². The Bertz CT molecular complexity index is 790. The second kappa shape index (κ2) is 5.61. The maximum Gasteiger partial charge on any atom is 0.341 e.